The molecule has 134 valence electrons. The maximum absolute atomic E-state index is 2.47. The van der Waals surface area contributed by atoms with Gasteiger partial charge in [0, 0.05) is 24.6 Å². The van der Waals surface area contributed by atoms with Gasteiger partial charge in [0.25, 0.3) is 0 Å². The van der Waals surface area contributed by atoms with Crippen molar-refractivity contribution >= 4 is 5.69 Å². The Bertz CT molecular complexity index is 454. The van der Waals surface area contributed by atoms with Crippen LogP contribution in [0.3, 0.4) is 0 Å². The van der Waals surface area contributed by atoms with Crippen LogP contribution >= 0.6 is 0 Å². The molecule has 0 N–H and O–H groups in total. The van der Waals surface area contributed by atoms with Gasteiger partial charge in [-0.2, -0.15) is 0 Å². The zero-order chi connectivity index (χ0) is 17.0. The number of nitrogens with zero attached hydrogens (tertiary/aromatic N) is 2. The molecule has 1 atom stereocenters. The molecular formula is C22H36N2. The van der Waals surface area contributed by atoms with Crippen molar-refractivity contribution in [2.45, 2.75) is 84.2 Å². The van der Waals surface area contributed by atoms with Crippen molar-refractivity contribution < 1.29 is 0 Å². The molecule has 1 aromatic rings. The van der Waals surface area contributed by atoms with Crippen LogP contribution < -0.4 is 4.90 Å². The van der Waals surface area contributed by atoms with Crippen LogP contribution in [0.15, 0.2) is 42.7 Å². The summed E-state index contributed by atoms with van der Waals surface area (Å²) in [5.74, 6) is 0. The summed E-state index contributed by atoms with van der Waals surface area (Å²) in [6.07, 6.45) is 18.9. The van der Waals surface area contributed by atoms with Crippen LogP contribution in [0.1, 0.15) is 78.1 Å². The zero-order valence-corrected chi connectivity index (χ0v) is 15.8. The van der Waals surface area contributed by atoms with Gasteiger partial charge in [-0.25, -0.2) is 0 Å². The predicted octanol–water partition coefficient (Wildman–Crippen LogP) is 6.55. The van der Waals surface area contributed by atoms with E-state index in [0.29, 0.717) is 6.17 Å². The zero-order valence-electron chi connectivity index (χ0n) is 15.8. The molecule has 0 radical (unpaired) electrons. The third-order valence-electron chi connectivity index (χ3n) is 5.11. The van der Waals surface area contributed by atoms with E-state index in [1.165, 1.54) is 69.9 Å². The minimum atomic E-state index is 0.502. The second kappa shape index (κ2) is 11.2. The average molecular weight is 329 g/mol. The molecule has 2 heteroatoms. The molecule has 1 unspecified atom stereocenters. The predicted molar refractivity (Wildman–Crippen MR) is 106 cm³/mol. The number of para-hydroxylation sites is 1. The Labute approximate surface area is 149 Å². The van der Waals surface area contributed by atoms with Gasteiger partial charge in [0.1, 0.15) is 6.17 Å². The van der Waals surface area contributed by atoms with Crippen molar-refractivity contribution in [3.63, 3.8) is 0 Å². The van der Waals surface area contributed by atoms with Crippen LogP contribution in [0, 0.1) is 0 Å². The highest BCUT2D eigenvalue weighted by atomic mass is 15.4. The molecule has 0 fully saturated rings. The Morgan fingerprint density at radius 1 is 0.750 bits per heavy atom. The fourth-order valence-corrected chi connectivity index (χ4v) is 3.63. The molecule has 1 aromatic carbocycles. The highest BCUT2D eigenvalue weighted by Crippen LogP contribution is 2.27. The molecule has 0 amide bonds. The second-order valence-electron chi connectivity index (χ2n) is 6.97. The number of anilines is 1. The van der Waals surface area contributed by atoms with E-state index in [4.69, 9.17) is 0 Å². The summed E-state index contributed by atoms with van der Waals surface area (Å²) in [6, 6.07) is 10.8. The molecule has 1 heterocycles. The van der Waals surface area contributed by atoms with Gasteiger partial charge in [0.15, 0.2) is 0 Å². The van der Waals surface area contributed by atoms with Crippen molar-refractivity contribution in [3.05, 3.63) is 42.7 Å². The lowest BCUT2D eigenvalue weighted by atomic mass is 10.1. The monoisotopic (exact) mass is 328 g/mol. The number of hydrogen-bond acceptors (Lipinski definition) is 2. The molecule has 0 saturated heterocycles. The van der Waals surface area contributed by atoms with Crippen molar-refractivity contribution in [1.29, 1.82) is 0 Å². The first-order chi connectivity index (χ1) is 11.9. The van der Waals surface area contributed by atoms with Gasteiger partial charge in [-0.1, -0.05) is 76.5 Å². The summed E-state index contributed by atoms with van der Waals surface area (Å²) in [5, 5.41) is 0. The lowest BCUT2D eigenvalue weighted by Gasteiger charge is -2.32. The van der Waals surface area contributed by atoms with Gasteiger partial charge in [0.2, 0.25) is 0 Å². The van der Waals surface area contributed by atoms with E-state index >= 15 is 0 Å². The lowest BCUT2D eigenvalue weighted by molar-refractivity contribution is 0.291. The Kier molecular flexibility index (Phi) is 8.80. The molecule has 1 aliphatic rings. The van der Waals surface area contributed by atoms with Gasteiger partial charge in [0.05, 0.1) is 0 Å². The summed E-state index contributed by atoms with van der Waals surface area (Å²) < 4.78 is 0. The minimum Gasteiger partial charge on any atom is -0.356 e. The fourth-order valence-electron chi connectivity index (χ4n) is 3.63. The maximum atomic E-state index is 2.47. The third kappa shape index (κ3) is 5.89. The van der Waals surface area contributed by atoms with Crippen LogP contribution in [-0.4, -0.2) is 17.6 Å². The summed E-state index contributed by atoms with van der Waals surface area (Å²) in [6.45, 7) is 5.63. The number of benzene rings is 1. The van der Waals surface area contributed by atoms with E-state index in [1.54, 1.807) is 0 Å². The van der Waals surface area contributed by atoms with E-state index in [2.05, 4.69) is 66.4 Å². The second-order valence-corrected chi connectivity index (χ2v) is 6.97. The highest BCUT2D eigenvalue weighted by molar-refractivity contribution is 5.51. The van der Waals surface area contributed by atoms with Crippen molar-refractivity contribution in [2.24, 2.45) is 0 Å². The minimum absolute atomic E-state index is 0.502. The van der Waals surface area contributed by atoms with E-state index < -0.39 is 0 Å². The molecule has 2 nitrogen and oxygen atoms in total. The first-order valence-corrected chi connectivity index (χ1v) is 10.1. The quantitative estimate of drug-likeness (QED) is 0.402. The summed E-state index contributed by atoms with van der Waals surface area (Å²) in [5.41, 5.74) is 1.31. The molecule has 0 saturated carbocycles. The maximum Gasteiger partial charge on any atom is 0.105 e. The number of hydrogen-bond donors (Lipinski definition) is 0. The van der Waals surface area contributed by atoms with Crippen LogP contribution in [0.2, 0.25) is 0 Å². The molecular weight excluding hydrogens is 292 g/mol. The van der Waals surface area contributed by atoms with E-state index in [9.17, 15) is 0 Å². The molecule has 0 bridgehead atoms. The van der Waals surface area contributed by atoms with Gasteiger partial charge in [-0.15, -0.1) is 0 Å². The smallest absolute Gasteiger partial charge is 0.105 e. The van der Waals surface area contributed by atoms with Gasteiger partial charge in [-0.3, -0.25) is 0 Å². The van der Waals surface area contributed by atoms with Gasteiger partial charge < -0.3 is 9.80 Å². The SMILES string of the molecule is CCCCCCCCCCCC1N(CC)C=CN1c1ccccc1. The van der Waals surface area contributed by atoms with E-state index in [0.717, 1.165) is 6.54 Å². The van der Waals surface area contributed by atoms with Gasteiger partial charge in [-0.05, 0) is 31.9 Å². The lowest BCUT2D eigenvalue weighted by Crippen LogP contribution is -2.38. The van der Waals surface area contributed by atoms with Crippen LogP contribution in [0.5, 0.6) is 0 Å². The largest absolute Gasteiger partial charge is 0.356 e. The molecule has 0 aromatic heterocycles. The highest BCUT2D eigenvalue weighted by Gasteiger charge is 2.25. The van der Waals surface area contributed by atoms with Crippen LogP contribution in [0.4, 0.5) is 5.69 Å². The summed E-state index contributed by atoms with van der Waals surface area (Å²) in [7, 11) is 0. The van der Waals surface area contributed by atoms with Crippen LogP contribution in [-0.2, 0) is 0 Å². The van der Waals surface area contributed by atoms with Crippen molar-refractivity contribution in [1.82, 2.24) is 4.90 Å². The van der Waals surface area contributed by atoms with E-state index in [-0.39, 0.29) is 0 Å². The standard InChI is InChI=1S/C22H36N2/c1-3-5-6-7-8-9-10-11-15-18-22-23(4-2)19-20-24(22)21-16-13-12-14-17-21/h12-14,16-17,19-20,22H,3-11,15,18H2,1-2H3. The normalized spacial score (nSPS) is 17.0. The fraction of sp³-hybridized carbons (Fsp3) is 0.636. The van der Waals surface area contributed by atoms with Crippen molar-refractivity contribution in [2.75, 3.05) is 11.4 Å². The Balaban J connectivity index is 1.68. The number of unbranched alkanes of at least 4 members (excludes halogenated alkanes) is 8. The van der Waals surface area contributed by atoms with Gasteiger partial charge >= 0.3 is 0 Å². The number of rotatable bonds is 12. The molecule has 1 aliphatic heterocycles. The topological polar surface area (TPSA) is 6.48 Å². The molecule has 0 aliphatic carbocycles. The Morgan fingerprint density at radius 3 is 2.00 bits per heavy atom. The third-order valence-corrected chi connectivity index (χ3v) is 5.11. The molecule has 24 heavy (non-hydrogen) atoms. The van der Waals surface area contributed by atoms with Crippen LogP contribution in [0.25, 0.3) is 0 Å². The average Bonchev–Trinajstić information content (AvgIpc) is 3.04. The van der Waals surface area contributed by atoms with Crippen molar-refractivity contribution in [3.8, 4) is 0 Å². The first kappa shape index (κ1) is 18.9. The first-order valence-electron chi connectivity index (χ1n) is 10.1. The Hall–Kier alpha value is -1.44. The molecule has 0 spiro atoms. The van der Waals surface area contributed by atoms with E-state index in [1.807, 2.05) is 0 Å². The Morgan fingerprint density at radius 2 is 1.38 bits per heavy atom. The summed E-state index contributed by atoms with van der Waals surface area (Å²) in [4.78, 5) is 4.91. The molecule has 2 rings (SSSR count). The summed E-state index contributed by atoms with van der Waals surface area (Å²) >= 11 is 0.